The lowest BCUT2D eigenvalue weighted by Gasteiger charge is -2.04. The molecule has 4 heteroatoms. The number of halogens is 1. The minimum atomic E-state index is 0.757. The second-order valence-electron chi connectivity index (χ2n) is 3.79. The molecule has 0 unspecified atom stereocenters. The van der Waals surface area contributed by atoms with E-state index in [0.717, 1.165) is 28.5 Å². The summed E-state index contributed by atoms with van der Waals surface area (Å²) >= 11 is 5.92. The summed E-state index contributed by atoms with van der Waals surface area (Å²) in [5.74, 6) is 0. The molecule has 0 atom stereocenters. The fraction of sp³-hybridized carbons (Fsp3) is 0.250. The number of aromatic nitrogens is 2. The van der Waals surface area contributed by atoms with Gasteiger partial charge in [0.1, 0.15) is 0 Å². The lowest BCUT2D eigenvalue weighted by atomic mass is 10.2. The average Bonchev–Trinajstić information content (AvgIpc) is 2.54. The van der Waals surface area contributed by atoms with Gasteiger partial charge in [-0.1, -0.05) is 23.7 Å². The van der Waals surface area contributed by atoms with Crippen LogP contribution < -0.4 is 5.32 Å². The number of hydrogen-bond donors (Lipinski definition) is 1. The van der Waals surface area contributed by atoms with Crippen LogP contribution in [0, 0.1) is 6.92 Å². The maximum absolute atomic E-state index is 5.92. The van der Waals surface area contributed by atoms with E-state index in [0.29, 0.717) is 0 Å². The van der Waals surface area contributed by atoms with E-state index in [-0.39, 0.29) is 0 Å². The van der Waals surface area contributed by atoms with E-state index in [9.17, 15) is 0 Å². The Balaban J connectivity index is 2.05. The first-order valence-corrected chi connectivity index (χ1v) is 5.51. The Labute approximate surface area is 100 Å². The zero-order valence-electron chi connectivity index (χ0n) is 9.37. The quantitative estimate of drug-likeness (QED) is 0.887. The van der Waals surface area contributed by atoms with Crippen LogP contribution in [0.3, 0.4) is 0 Å². The van der Waals surface area contributed by atoms with Gasteiger partial charge < -0.3 is 5.32 Å². The lowest BCUT2D eigenvalue weighted by Crippen LogP contribution is -1.99. The molecule has 0 fully saturated rings. The molecular weight excluding hydrogens is 222 g/mol. The van der Waals surface area contributed by atoms with Crippen molar-refractivity contribution >= 4 is 17.3 Å². The SMILES string of the molecule is Cc1nn(C)cc1NCc1cccc(Cl)c1. The summed E-state index contributed by atoms with van der Waals surface area (Å²) in [5, 5.41) is 8.37. The van der Waals surface area contributed by atoms with Crippen molar-refractivity contribution in [2.24, 2.45) is 7.05 Å². The van der Waals surface area contributed by atoms with Crippen molar-refractivity contribution in [1.29, 1.82) is 0 Å². The smallest absolute Gasteiger partial charge is 0.0825 e. The summed E-state index contributed by atoms with van der Waals surface area (Å²) in [6.07, 6.45) is 1.97. The van der Waals surface area contributed by atoms with Crippen LogP contribution in [0.1, 0.15) is 11.3 Å². The molecule has 2 aromatic rings. The Morgan fingerprint density at radius 3 is 2.88 bits per heavy atom. The van der Waals surface area contributed by atoms with Crippen LogP contribution >= 0.6 is 11.6 Å². The van der Waals surface area contributed by atoms with E-state index in [2.05, 4.69) is 10.4 Å². The predicted octanol–water partition coefficient (Wildman–Crippen LogP) is 2.99. The van der Waals surface area contributed by atoms with Gasteiger partial charge in [-0.15, -0.1) is 0 Å². The highest BCUT2D eigenvalue weighted by atomic mass is 35.5. The highest BCUT2D eigenvalue weighted by Gasteiger charge is 2.02. The summed E-state index contributed by atoms with van der Waals surface area (Å²) < 4.78 is 1.80. The number of rotatable bonds is 3. The molecule has 2 rings (SSSR count). The highest BCUT2D eigenvalue weighted by Crippen LogP contribution is 2.15. The van der Waals surface area contributed by atoms with Crippen LogP contribution in [-0.4, -0.2) is 9.78 Å². The summed E-state index contributed by atoms with van der Waals surface area (Å²) in [6.45, 7) is 2.74. The molecule has 0 aliphatic rings. The van der Waals surface area contributed by atoms with Crippen LogP contribution in [0.15, 0.2) is 30.5 Å². The number of benzene rings is 1. The fourth-order valence-corrected chi connectivity index (χ4v) is 1.83. The normalized spacial score (nSPS) is 10.4. The fourth-order valence-electron chi connectivity index (χ4n) is 1.62. The molecule has 0 amide bonds. The summed E-state index contributed by atoms with van der Waals surface area (Å²) in [6, 6.07) is 7.83. The Bertz CT molecular complexity index is 491. The summed E-state index contributed by atoms with van der Waals surface area (Å²) in [4.78, 5) is 0. The Morgan fingerprint density at radius 1 is 1.44 bits per heavy atom. The number of nitrogens with zero attached hydrogens (tertiary/aromatic N) is 2. The van der Waals surface area contributed by atoms with Crippen molar-refractivity contribution in [1.82, 2.24) is 9.78 Å². The van der Waals surface area contributed by atoms with Gasteiger partial charge in [0.05, 0.1) is 11.4 Å². The first kappa shape index (κ1) is 11.0. The molecule has 16 heavy (non-hydrogen) atoms. The Kier molecular flexibility index (Phi) is 3.15. The van der Waals surface area contributed by atoms with E-state index < -0.39 is 0 Å². The molecule has 3 nitrogen and oxygen atoms in total. The largest absolute Gasteiger partial charge is 0.378 e. The van der Waals surface area contributed by atoms with E-state index in [4.69, 9.17) is 11.6 Å². The molecule has 84 valence electrons. The monoisotopic (exact) mass is 235 g/mol. The molecular formula is C12H14ClN3. The second kappa shape index (κ2) is 4.58. The number of aryl methyl sites for hydroxylation is 2. The van der Waals surface area contributed by atoms with Crippen molar-refractivity contribution in [3.05, 3.63) is 46.7 Å². The maximum Gasteiger partial charge on any atom is 0.0825 e. The van der Waals surface area contributed by atoms with Crippen LogP contribution in [0.25, 0.3) is 0 Å². The number of hydrogen-bond acceptors (Lipinski definition) is 2. The van der Waals surface area contributed by atoms with Crippen molar-refractivity contribution in [3.8, 4) is 0 Å². The molecule has 1 aromatic heterocycles. The maximum atomic E-state index is 5.92. The van der Waals surface area contributed by atoms with E-state index >= 15 is 0 Å². The molecule has 0 aliphatic carbocycles. The minimum Gasteiger partial charge on any atom is -0.378 e. The minimum absolute atomic E-state index is 0.757. The molecule has 1 heterocycles. The van der Waals surface area contributed by atoms with Crippen LogP contribution in [0.4, 0.5) is 5.69 Å². The van der Waals surface area contributed by atoms with Gasteiger partial charge in [-0.05, 0) is 24.6 Å². The standard InChI is InChI=1S/C12H14ClN3/c1-9-12(8-16(2)15-9)14-7-10-4-3-5-11(13)6-10/h3-6,8,14H,7H2,1-2H3. The molecule has 0 saturated carbocycles. The van der Waals surface area contributed by atoms with Crippen LogP contribution in [-0.2, 0) is 13.6 Å². The van der Waals surface area contributed by atoms with Crippen molar-refractivity contribution in [2.75, 3.05) is 5.32 Å². The Hall–Kier alpha value is -1.48. The number of nitrogens with one attached hydrogen (secondary N) is 1. The molecule has 0 bridgehead atoms. The first-order chi connectivity index (χ1) is 7.65. The predicted molar refractivity (Wildman–Crippen MR) is 66.7 cm³/mol. The van der Waals surface area contributed by atoms with Gasteiger partial charge in [0.15, 0.2) is 0 Å². The molecule has 0 radical (unpaired) electrons. The van der Waals surface area contributed by atoms with Gasteiger partial charge in [0.2, 0.25) is 0 Å². The molecule has 1 aromatic carbocycles. The second-order valence-corrected chi connectivity index (χ2v) is 4.22. The van der Waals surface area contributed by atoms with Gasteiger partial charge in [-0.3, -0.25) is 4.68 Å². The molecule has 0 spiro atoms. The van der Waals surface area contributed by atoms with E-state index in [1.807, 2.05) is 44.4 Å². The number of anilines is 1. The third kappa shape index (κ3) is 2.55. The van der Waals surface area contributed by atoms with Gasteiger partial charge in [0.25, 0.3) is 0 Å². The topological polar surface area (TPSA) is 29.9 Å². The van der Waals surface area contributed by atoms with Crippen LogP contribution in [0.5, 0.6) is 0 Å². The molecule has 1 N–H and O–H groups in total. The van der Waals surface area contributed by atoms with Crippen molar-refractivity contribution in [3.63, 3.8) is 0 Å². The zero-order valence-corrected chi connectivity index (χ0v) is 10.1. The van der Waals surface area contributed by atoms with Crippen molar-refractivity contribution < 1.29 is 0 Å². The molecule has 0 saturated heterocycles. The Morgan fingerprint density at radius 2 is 2.25 bits per heavy atom. The first-order valence-electron chi connectivity index (χ1n) is 5.14. The lowest BCUT2D eigenvalue weighted by molar-refractivity contribution is 0.756. The molecule has 0 aliphatic heterocycles. The van der Waals surface area contributed by atoms with Gasteiger partial charge in [0, 0.05) is 24.8 Å². The average molecular weight is 236 g/mol. The van der Waals surface area contributed by atoms with Gasteiger partial charge >= 0.3 is 0 Å². The van der Waals surface area contributed by atoms with Crippen molar-refractivity contribution in [2.45, 2.75) is 13.5 Å². The van der Waals surface area contributed by atoms with Gasteiger partial charge in [-0.2, -0.15) is 5.10 Å². The van der Waals surface area contributed by atoms with E-state index in [1.54, 1.807) is 4.68 Å². The van der Waals surface area contributed by atoms with Crippen LogP contribution in [0.2, 0.25) is 5.02 Å². The summed E-state index contributed by atoms with van der Waals surface area (Å²) in [5.41, 5.74) is 3.22. The zero-order chi connectivity index (χ0) is 11.5. The summed E-state index contributed by atoms with van der Waals surface area (Å²) in [7, 11) is 1.91. The highest BCUT2D eigenvalue weighted by molar-refractivity contribution is 6.30. The van der Waals surface area contributed by atoms with Gasteiger partial charge in [-0.25, -0.2) is 0 Å². The third-order valence-corrected chi connectivity index (χ3v) is 2.62. The third-order valence-electron chi connectivity index (χ3n) is 2.39. The van der Waals surface area contributed by atoms with E-state index in [1.165, 1.54) is 0 Å².